The molecule has 0 amide bonds. The Balaban J connectivity index is 1.66. The summed E-state index contributed by atoms with van der Waals surface area (Å²) in [7, 11) is 1.63. The smallest absolute Gasteiger partial charge is 0.258 e. The van der Waals surface area contributed by atoms with Crippen LogP contribution in [0.1, 0.15) is 0 Å². The zero-order valence-electron chi connectivity index (χ0n) is 12.9. The molecule has 0 aliphatic rings. The van der Waals surface area contributed by atoms with E-state index in [0.717, 1.165) is 28.1 Å². The maximum atomic E-state index is 5.39. The lowest BCUT2D eigenvalue weighted by atomic mass is 10.1. The normalized spacial score (nSPS) is 10.7. The van der Waals surface area contributed by atoms with Crippen LogP contribution in [0.4, 0.5) is 0 Å². The molecular formula is C18H14N4O2. The number of aromatic nitrogens is 4. The van der Waals surface area contributed by atoms with E-state index in [1.807, 2.05) is 54.6 Å². The van der Waals surface area contributed by atoms with Crippen molar-refractivity contribution in [1.29, 1.82) is 0 Å². The maximum Gasteiger partial charge on any atom is 0.258 e. The number of aromatic amines is 1. The molecule has 2 heterocycles. The van der Waals surface area contributed by atoms with Crippen LogP contribution in [0.2, 0.25) is 0 Å². The monoisotopic (exact) mass is 318 g/mol. The van der Waals surface area contributed by atoms with Gasteiger partial charge in [-0.3, -0.25) is 5.10 Å². The molecule has 2 aromatic carbocycles. The molecule has 24 heavy (non-hydrogen) atoms. The Morgan fingerprint density at radius 1 is 0.958 bits per heavy atom. The summed E-state index contributed by atoms with van der Waals surface area (Å²) >= 11 is 0. The largest absolute Gasteiger partial charge is 0.497 e. The molecule has 6 nitrogen and oxygen atoms in total. The highest BCUT2D eigenvalue weighted by molar-refractivity contribution is 5.68. The van der Waals surface area contributed by atoms with Crippen molar-refractivity contribution < 1.29 is 9.26 Å². The Morgan fingerprint density at radius 2 is 1.79 bits per heavy atom. The Kier molecular flexibility index (Phi) is 3.55. The lowest BCUT2D eigenvalue weighted by Gasteiger charge is -2.00. The van der Waals surface area contributed by atoms with E-state index in [9.17, 15) is 0 Å². The van der Waals surface area contributed by atoms with Gasteiger partial charge in [-0.1, -0.05) is 23.4 Å². The van der Waals surface area contributed by atoms with Crippen LogP contribution >= 0.6 is 0 Å². The van der Waals surface area contributed by atoms with E-state index in [4.69, 9.17) is 9.26 Å². The average Bonchev–Trinajstić information content (AvgIpc) is 3.34. The van der Waals surface area contributed by atoms with Crippen LogP contribution in [0.5, 0.6) is 5.75 Å². The fraction of sp³-hybridized carbons (Fsp3) is 0.0556. The molecule has 0 fully saturated rings. The second kappa shape index (κ2) is 6.00. The standard InChI is InChI=1S/C18H14N4O2/c1-23-15-7-5-12(6-8-15)18-20-17(22-24-18)14-4-2-3-13(11-14)16-9-10-19-21-16/h2-11H,1H3,(H,19,21). The zero-order chi connectivity index (χ0) is 16.4. The summed E-state index contributed by atoms with van der Waals surface area (Å²) in [5.41, 5.74) is 3.68. The molecule has 118 valence electrons. The van der Waals surface area contributed by atoms with E-state index in [-0.39, 0.29) is 0 Å². The van der Waals surface area contributed by atoms with Crippen molar-refractivity contribution in [3.8, 4) is 39.8 Å². The van der Waals surface area contributed by atoms with Gasteiger partial charge in [0.25, 0.3) is 5.89 Å². The van der Waals surface area contributed by atoms with Gasteiger partial charge in [0, 0.05) is 22.9 Å². The number of nitrogens with one attached hydrogen (secondary N) is 1. The third kappa shape index (κ3) is 2.65. The Hall–Kier alpha value is -3.41. The first-order valence-electron chi connectivity index (χ1n) is 7.42. The lowest BCUT2D eigenvalue weighted by molar-refractivity contribution is 0.414. The van der Waals surface area contributed by atoms with Crippen molar-refractivity contribution in [3.63, 3.8) is 0 Å². The quantitative estimate of drug-likeness (QED) is 0.619. The fourth-order valence-corrected chi connectivity index (χ4v) is 2.43. The summed E-state index contributed by atoms with van der Waals surface area (Å²) in [5.74, 6) is 1.80. The van der Waals surface area contributed by atoms with Crippen LogP contribution in [-0.2, 0) is 0 Å². The molecule has 0 aliphatic carbocycles. The number of ether oxygens (including phenoxy) is 1. The highest BCUT2D eigenvalue weighted by Gasteiger charge is 2.11. The van der Waals surface area contributed by atoms with Gasteiger partial charge in [-0.05, 0) is 36.4 Å². The molecule has 0 unspecified atom stereocenters. The SMILES string of the molecule is COc1ccc(-c2nc(-c3cccc(-c4ccn[nH]4)c3)no2)cc1. The van der Waals surface area contributed by atoms with E-state index < -0.39 is 0 Å². The molecule has 0 radical (unpaired) electrons. The number of benzene rings is 2. The highest BCUT2D eigenvalue weighted by atomic mass is 16.5. The van der Waals surface area contributed by atoms with Crippen molar-refractivity contribution in [2.24, 2.45) is 0 Å². The molecule has 4 rings (SSSR count). The van der Waals surface area contributed by atoms with Crippen molar-refractivity contribution >= 4 is 0 Å². The van der Waals surface area contributed by atoms with Crippen LogP contribution < -0.4 is 4.74 Å². The molecule has 6 heteroatoms. The molecule has 0 aliphatic heterocycles. The summed E-state index contributed by atoms with van der Waals surface area (Å²) in [6.07, 6.45) is 1.72. The third-order valence-corrected chi connectivity index (χ3v) is 3.70. The van der Waals surface area contributed by atoms with Gasteiger partial charge in [0.05, 0.1) is 12.8 Å². The van der Waals surface area contributed by atoms with Crippen LogP contribution in [0.3, 0.4) is 0 Å². The van der Waals surface area contributed by atoms with Crippen molar-refractivity contribution in [2.75, 3.05) is 7.11 Å². The van der Waals surface area contributed by atoms with Gasteiger partial charge >= 0.3 is 0 Å². The summed E-state index contributed by atoms with van der Waals surface area (Å²) in [6, 6.07) is 17.3. The highest BCUT2D eigenvalue weighted by Crippen LogP contribution is 2.26. The van der Waals surface area contributed by atoms with E-state index >= 15 is 0 Å². The van der Waals surface area contributed by atoms with Crippen molar-refractivity contribution in [2.45, 2.75) is 0 Å². The third-order valence-electron chi connectivity index (χ3n) is 3.70. The Bertz CT molecular complexity index is 943. The van der Waals surface area contributed by atoms with Gasteiger partial charge in [-0.25, -0.2) is 0 Å². The minimum Gasteiger partial charge on any atom is -0.497 e. The molecule has 0 atom stereocenters. The first-order valence-corrected chi connectivity index (χ1v) is 7.42. The van der Waals surface area contributed by atoms with Crippen LogP contribution in [0, 0.1) is 0 Å². The summed E-state index contributed by atoms with van der Waals surface area (Å²) in [6.45, 7) is 0. The van der Waals surface area contributed by atoms with E-state index in [1.54, 1.807) is 13.3 Å². The number of hydrogen-bond donors (Lipinski definition) is 1. The first-order chi connectivity index (χ1) is 11.8. The van der Waals surface area contributed by atoms with Gasteiger partial charge < -0.3 is 9.26 Å². The van der Waals surface area contributed by atoms with Crippen LogP contribution in [-0.4, -0.2) is 27.4 Å². The van der Waals surface area contributed by atoms with E-state index in [2.05, 4.69) is 20.3 Å². The number of hydrogen-bond acceptors (Lipinski definition) is 5. The van der Waals surface area contributed by atoms with E-state index in [0.29, 0.717) is 11.7 Å². The topological polar surface area (TPSA) is 76.8 Å². The van der Waals surface area contributed by atoms with Gasteiger partial charge in [-0.15, -0.1) is 0 Å². The molecule has 0 saturated heterocycles. The van der Waals surface area contributed by atoms with Crippen LogP contribution in [0.25, 0.3) is 34.1 Å². The fourth-order valence-electron chi connectivity index (χ4n) is 2.43. The predicted molar refractivity (Wildman–Crippen MR) is 89.3 cm³/mol. The first kappa shape index (κ1) is 14.2. The minimum atomic E-state index is 0.472. The van der Waals surface area contributed by atoms with Gasteiger partial charge in [0.15, 0.2) is 0 Å². The summed E-state index contributed by atoms with van der Waals surface area (Å²) in [4.78, 5) is 4.48. The molecule has 0 spiro atoms. The number of rotatable bonds is 4. The second-order valence-corrected chi connectivity index (χ2v) is 5.20. The van der Waals surface area contributed by atoms with Crippen molar-refractivity contribution in [3.05, 3.63) is 60.8 Å². The average molecular weight is 318 g/mol. The van der Waals surface area contributed by atoms with Crippen LogP contribution in [0.15, 0.2) is 65.3 Å². The summed E-state index contributed by atoms with van der Waals surface area (Å²) < 4.78 is 10.5. The number of methoxy groups -OCH3 is 1. The molecule has 0 bridgehead atoms. The molecule has 4 aromatic rings. The Labute approximate surface area is 138 Å². The number of H-pyrrole nitrogens is 1. The molecule has 1 N–H and O–H groups in total. The lowest BCUT2D eigenvalue weighted by Crippen LogP contribution is -1.84. The van der Waals surface area contributed by atoms with Crippen molar-refractivity contribution in [1.82, 2.24) is 20.3 Å². The number of nitrogens with zero attached hydrogens (tertiary/aromatic N) is 3. The second-order valence-electron chi connectivity index (χ2n) is 5.20. The van der Waals surface area contributed by atoms with Gasteiger partial charge in [0.1, 0.15) is 5.75 Å². The zero-order valence-corrected chi connectivity index (χ0v) is 12.9. The minimum absolute atomic E-state index is 0.472. The predicted octanol–water partition coefficient (Wildman–Crippen LogP) is 3.80. The van der Waals surface area contributed by atoms with Gasteiger partial charge in [-0.2, -0.15) is 10.1 Å². The van der Waals surface area contributed by atoms with Gasteiger partial charge in [0.2, 0.25) is 5.82 Å². The Morgan fingerprint density at radius 3 is 2.54 bits per heavy atom. The summed E-state index contributed by atoms with van der Waals surface area (Å²) in [5, 5.41) is 11.0. The molecule has 0 saturated carbocycles. The maximum absolute atomic E-state index is 5.39. The van der Waals surface area contributed by atoms with E-state index in [1.165, 1.54) is 0 Å². The molecule has 2 aromatic heterocycles. The molecular weight excluding hydrogens is 304 g/mol.